The molecule has 3 atom stereocenters. The Bertz CT molecular complexity index is 1580. The summed E-state index contributed by atoms with van der Waals surface area (Å²) in [4.78, 5) is 13.1. The second kappa shape index (κ2) is 11.8. The van der Waals surface area contributed by atoms with E-state index < -0.39 is 24.0 Å². The molecule has 0 radical (unpaired) electrons. The lowest BCUT2D eigenvalue weighted by Gasteiger charge is -2.37. The maximum Gasteiger partial charge on any atom is 0.167 e. The van der Waals surface area contributed by atoms with Gasteiger partial charge in [0.05, 0.1) is 33.3 Å². The predicted molar refractivity (Wildman–Crippen MR) is 158 cm³/mol. The van der Waals surface area contributed by atoms with Gasteiger partial charge in [-0.3, -0.25) is 4.57 Å². The Morgan fingerprint density at radius 3 is 2.10 bits per heavy atom. The van der Waals surface area contributed by atoms with Crippen LogP contribution in [0.3, 0.4) is 0 Å². The molecule has 0 unspecified atom stereocenters. The van der Waals surface area contributed by atoms with Crippen molar-refractivity contribution >= 4 is 17.0 Å². The molecule has 0 saturated carbocycles. The van der Waals surface area contributed by atoms with Crippen molar-refractivity contribution in [3.63, 3.8) is 0 Å². The quantitative estimate of drug-likeness (QED) is 0.235. The lowest BCUT2D eigenvalue weighted by Crippen LogP contribution is -2.38. The molecule has 216 valence electrons. The molecule has 3 heterocycles. The zero-order valence-corrected chi connectivity index (χ0v) is 23.7. The summed E-state index contributed by atoms with van der Waals surface area (Å²) in [7, 11) is 5.07. The van der Waals surface area contributed by atoms with Gasteiger partial charge in [-0.1, -0.05) is 54.6 Å². The zero-order chi connectivity index (χ0) is 29.1. The van der Waals surface area contributed by atoms with E-state index in [1.165, 1.54) is 6.33 Å². The number of fused-ring (bicyclic) bond motifs is 1. The van der Waals surface area contributed by atoms with E-state index in [0.29, 0.717) is 23.4 Å². The number of anilines is 1. The topological polar surface area (TPSA) is 113 Å². The highest BCUT2D eigenvalue weighted by Gasteiger charge is 2.42. The van der Waals surface area contributed by atoms with Crippen LogP contribution in [0.2, 0.25) is 0 Å². The Morgan fingerprint density at radius 1 is 0.881 bits per heavy atom. The number of nitrogens with zero attached hydrogens (tertiary/aromatic N) is 4. The first kappa shape index (κ1) is 27.6. The highest BCUT2D eigenvalue weighted by atomic mass is 16.6. The van der Waals surface area contributed by atoms with E-state index in [0.717, 1.165) is 28.2 Å². The van der Waals surface area contributed by atoms with Crippen LogP contribution in [-0.4, -0.2) is 64.7 Å². The predicted octanol–water partition coefficient (Wildman–Crippen LogP) is 4.54. The summed E-state index contributed by atoms with van der Waals surface area (Å²) in [6, 6.07) is 25.7. The number of imidazole rings is 1. The fraction of sp³-hybridized carbons (Fsp3) is 0.281. The van der Waals surface area contributed by atoms with E-state index in [4.69, 9.17) is 18.9 Å². The summed E-state index contributed by atoms with van der Waals surface area (Å²) in [5.41, 5.74) is 2.99. The van der Waals surface area contributed by atoms with Crippen LogP contribution in [0.5, 0.6) is 11.5 Å². The number of benzene rings is 3. The van der Waals surface area contributed by atoms with Crippen molar-refractivity contribution in [3.05, 3.63) is 108 Å². The van der Waals surface area contributed by atoms with Crippen molar-refractivity contribution in [1.82, 2.24) is 19.5 Å². The van der Waals surface area contributed by atoms with Crippen LogP contribution in [0.25, 0.3) is 11.2 Å². The first-order chi connectivity index (χ1) is 20.6. The van der Waals surface area contributed by atoms with Crippen molar-refractivity contribution < 1.29 is 24.1 Å². The average molecular weight is 568 g/mol. The molecule has 1 saturated heterocycles. The third-order valence-corrected chi connectivity index (χ3v) is 7.75. The standard InChI is InChI=1S/C32H33N5O5/c1-33-30-29-31(35-19-34-30)37(20-36-29)28-17-26(38)27(42-28)18-41-32(21-7-5-4-6-8-21,22-9-13-24(39-2)14-10-22)23-11-15-25(40-3)16-12-23/h4-16,19-20,26-28,38H,17-18H2,1-3H3,(H,33,34,35)/t26-,27+,28+/m0/s1. The summed E-state index contributed by atoms with van der Waals surface area (Å²) in [5, 5.41) is 14.2. The molecular formula is C32H33N5O5. The van der Waals surface area contributed by atoms with E-state index in [9.17, 15) is 5.11 Å². The van der Waals surface area contributed by atoms with Crippen molar-refractivity contribution in [2.24, 2.45) is 0 Å². The second-order valence-electron chi connectivity index (χ2n) is 10.0. The molecule has 6 rings (SSSR count). The summed E-state index contributed by atoms with van der Waals surface area (Å²) >= 11 is 0. The van der Waals surface area contributed by atoms with Gasteiger partial charge in [-0.2, -0.15) is 0 Å². The van der Waals surface area contributed by atoms with Gasteiger partial charge in [0.25, 0.3) is 0 Å². The van der Waals surface area contributed by atoms with Gasteiger partial charge in [-0.15, -0.1) is 0 Å². The van der Waals surface area contributed by atoms with Gasteiger partial charge in [0, 0.05) is 13.5 Å². The van der Waals surface area contributed by atoms with Gasteiger partial charge in [0.1, 0.15) is 41.3 Å². The van der Waals surface area contributed by atoms with Gasteiger partial charge >= 0.3 is 0 Å². The molecular weight excluding hydrogens is 534 g/mol. The van der Waals surface area contributed by atoms with Crippen molar-refractivity contribution in [2.45, 2.75) is 30.5 Å². The first-order valence-electron chi connectivity index (χ1n) is 13.7. The maximum absolute atomic E-state index is 11.2. The molecule has 10 nitrogen and oxygen atoms in total. The fourth-order valence-electron chi connectivity index (χ4n) is 5.56. The number of aliphatic hydroxyl groups is 1. The average Bonchev–Trinajstić information content (AvgIpc) is 3.65. The third-order valence-electron chi connectivity index (χ3n) is 7.75. The van der Waals surface area contributed by atoms with Gasteiger partial charge in [0.15, 0.2) is 11.5 Å². The minimum absolute atomic E-state index is 0.119. The van der Waals surface area contributed by atoms with Gasteiger partial charge in [-0.25, -0.2) is 15.0 Å². The zero-order valence-electron chi connectivity index (χ0n) is 23.7. The van der Waals surface area contributed by atoms with E-state index in [2.05, 4.69) is 20.3 Å². The van der Waals surface area contributed by atoms with Gasteiger partial charge in [-0.05, 0) is 41.0 Å². The molecule has 3 aromatic carbocycles. The van der Waals surface area contributed by atoms with E-state index in [1.54, 1.807) is 27.6 Å². The minimum Gasteiger partial charge on any atom is -0.497 e. The molecule has 2 N–H and O–H groups in total. The summed E-state index contributed by atoms with van der Waals surface area (Å²) in [6.07, 6.45) is 1.68. The number of methoxy groups -OCH3 is 2. The number of aromatic nitrogens is 4. The lowest BCUT2D eigenvalue weighted by molar-refractivity contribution is -0.0931. The fourth-order valence-corrected chi connectivity index (χ4v) is 5.56. The molecule has 1 aliphatic heterocycles. The summed E-state index contributed by atoms with van der Waals surface area (Å²) in [6.45, 7) is 0.119. The maximum atomic E-state index is 11.2. The Balaban J connectivity index is 1.36. The molecule has 0 amide bonds. The monoisotopic (exact) mass is 567 g/mol. The first-order valence-corrected chi connectivity index (χ1v) is 13.7. The third kappa shape index (κ3) is 4.94. The highest BCUT2D eigenvalue weighted by Crippen LogP contribution is 2.43. The smallest absolute Gasteiger partial charge is 0.167 e. The number of rotatable bonds is 10. The van der Waals surface area contributed by atoms with E-state index >= 15 is 0 Å². The molecule has 2 aromatic heterocycles. The van der Waals surface area contributed by atoms with Crippen LogP contribution in [0.15, 0.2) is 91.5 Å². The lowest BCUT2D eigenvalue weighted by atomic mass is 9.80. The normalized spacial score (nSPS) is 18.7. The largest absolute Gasteiger partial charge is 0.497 e. The molecule has 1 aliphatic rings. The highest BCUT2D eigenvalue weighted by molar-refractivity contribution is 5.82. The van der Waals surface area contributed by atoms with Gasteiger partial charge < -0.3 is 29.4 Å². The van der Waals surface area contributed by atoms with Crippen LogP contribution in [-0.2, 0) is 15.1 Å². The Kier molecular flexibility index (Phi) is 7.75. The van der Waals surface area contributed by atoms with Crippen LogP contribution in [0.1, 0.15) is 29.3 Å². The number of nitrogens with one attached hydrogen (secondary N) is 1. The second-order valence-corrected chi connectivity index (χ2v) is 10.0. The molecule has 10 heteroatoms. The molecule has 0 spiro atoms. The summed E-state index contributed by atoms with van der Waals surface area (Å²) in [5.74, 6) is 2.11. The van der Waals surface area contributed by atoms with Gasteiger partial charge in [0.2, 0.25) is 0 Å². The molecule has 42 heavy (non-hydrogen) atoms. The van der Waals surface area contributed by atoms with Crippen molar-refractivity contribution in [3.8, 4) is 11.5 Å². The van der Waals surface area contributed by atoms with Crippen LogP contribution in [0.4, 0.5) is 5.82 Å². The summed E-state index contributed by atoms with van der Waals surface area (Å²) < 4.78 is 26.1. The molecule has 0 bridgehead atoms. The van der Waals surface area contributed by atoms with Crippen LogP contribution in [0, 0.1) is 0 Å². The number of aliphatic hydroxyl groups excluding tert-OH is 1. The minimum atomic E-state index is -1.02. The molecule has 5 aromatic rings. The Labute approximate surface area is 243 Å². The number of hydrogen-bond acceptors (Lipinski definition) is 9. The number of hydrogen-bond donors (Lipinski definition) is 2. The van der Waals surface area contributed by atoms with Crippen molar-refractivity contribution in [1.29, 1.82) is 0 Å². The van der Waals surface area contributed by atoms with Crippen molar-refractivity contribution in [2.75, 3.05) is 33.2 Å². The van der Waals surface area contributed by atoms with Crippen LogP contribution < -0.4 is 14.8 Å². The Hall–Kier alpha value is -4.51. The number of ether oxygens (including phenoxy) is 4. The molecule has 1 fully saturated rings. The SMILES string of the molecule is CNc1ncnc2c1ncn2[C@H]1C[C@H](O)[C@@H](COC(c2ccccc2)(c2ccc(OC)cc2)c2ccc(OC)cc2)O1. The van der Waals surface area contributed by atoms with E-state index in [-0.39, 0.29) is 6.61 Å². The van der Waals surface area contributed by atoms with Crippen LogP contribution >= 0.6 is 0 Å². The van der Waals surface area contributed by atoms with E-state index in [1.807, 2.05) is 83.4 Å². The Morgan fingerprint density at radius 2 is 1.50 bits per heavy atom. The molecule has 0 aliphatic carbocycles.